The van der Waals surface area contributed by atoms with Crippen molar-refractivity contribution in [3.05, 3.63) is 54.6 Å². The smallest absolute Gasteiger partial charge is 0.277 e. The largest absolute Gasteiger partial charge is 0.411 e. The van der Waals surface area contributed by atoms with E-state index in [4.69, 9.17) is 4.42 Å². The number of hydrogen-bond acceptors (Lipinski definition) is 7. The number of carbonyl (C=O) groups is 1. The van der Waals surface area contributed by atoms with Crippen LogP contribution in [0.25, 0.3) is 11.5 Å². The summed E-state index contributed by atoms with van der Waals surface area (Å²) in [6.45, 7) is 1.06. The van der Waals surface area contributed by atoms with Crippen LogP contribution in [0.2, 0.25) is 0 Å². The van der Waals surface area contributed by atoms with Crippen molar-refractivity contribution >= 4 is 33.4 Å². The zero-order valence-corrected chi connectivity index (χ0v) is 18.4. The lowest BCUT2D eigenvalue weighted by atomic mass is 10.2. The third kappa shape index (κ3) is 5.33. The van der Waals surface area contributed by atoms with Crippen molar-refractivity contribution in [1.82, 2.24) is 14.5 Å². The minimum absolute atomic E-state index is 0.0551. The molecule has 2 heterocycles. The molecule has 0 saturated carbocycles. The van der Waals surface area contributed by atoms with E-state index in [1.165, 1.54) is 10.4 Å². The van der Waals surface area contributed by atoms with Crippen LogP contribution in [0.5, 0.6) is 0 Å². The van der Waals surface area contributed by atoms with Crippen molar-refractivity contribution in [3.8, 4) is 11.5 Å². The molecular weight excluding hydrogens is 436 g/mol. The van der Waals surface area contributed by atoms with Crippen LogP contribution in [0.1, 0.15) is 19.3 Å². The van der Waals surface area contributed by atoms with E-state index in [0.29, 0.717) is 24.7 Å². The minimum Gasteiger partial charge on any atom is -0.411 e. The lowest BCUT2D eigenvalue weighted by molar-refractivity contribution is -0.113. The number of nitrogens with zero attached hydrogens (tertiary/aromatic N) is 3. The average Bonchev–Trinajstić information content (AvgIpc) is 3.28. The third-order valence-corrected chi connectivity index (χ3v) is 7.54. The van der Waals surface area contributed by atoms with Crippen molar-refractivity contribution in [3.63, 3.8) is 0 Å². The molecule has 1 aliphatic rings. The molecule has 0 bridgehead atoms. The van der Waals surface area contributed by atoms with Gasteiger partial charge in [-0.2, -0.15) is 4.31 Å². The van der Waals surface area contributed by atoms with Crippen molar-refractivity contribution in [2.75, 3.05) is 24.2 Å². The summed E-state index contributed by atoms with van der Waals surface area (Å²) in [5, 5.41) is 11.0. The number of thioether (sulfide) groups is 1. The molecule has 4 rings (SSSR count). The van der Waals surface area contributed by atoms with Crippen molar-refractivity contribution < 1.29 is 17.6 Å². The zero-order chi connectivity index (χ0) is 21.7. The first kappa shape index (κ1) is 21.5. The number of amides is 1. The predicted molar refractivity (Wildman–Crippen MR) is 118 cm³/mol. The maximum absolute atomic E-state index is 12.8. The fraction of sp³-hybridized carbons (Fsp3) is 0.286. The quantitative estimate of drug-likeness (QED) is 0.539. The Bertz CT molecular complexity index is 1140. The second-order valence-electron chi connectivity index (χ2n) is 7.07. The van der Waals surface area contributed by atoms with Gasteiger partial charge in [0.15, 0.2) is 0 Å². The molecule has 162 valence electrons. The number of carbonyl (C=O) groups excluding carboxylic acids is 1. The van der Waals surface area contributed by atoms with Gasteiger partial charge in [0.25, 0.3) is 5.22 Å². The number of benzene rings is 2. The van der Waals surface area contributed by atoms with Gasteiger partial charge in [-0.05, 0) is 43.2 Å². The van der Waals surface area contributed by atoms with Crippen molar-refractivity contribution in [1.29, 1.82) is 0 Å². The summed E-state index contributed by atoms with van der Waals surface area (Å²) in [4.78, 5) is 12.5. The Morgan fingerprint density at radius 2 is 1.81 bits per heavy atom. The molecule has 0 radical (unpaired) electrons. The monoisotopic (exact) mass is 458 g/mol. The number of sulfonamides is 1. The van der Waals surface area contributed by atoms with Gasteiger partial charge < -0.3 is 9.73 Å². The van der Waals surface area contributed by atoms with Crippen LogP contribution in [0.15, 0.2) is 69.1 Å². The highest BCUT2D eigenvalue weighted by Gasteiger charge is 2.26. The maximum Gasteiger partial charge on any atom is 0.277 e. The first-order chi connectivity index (χ1) is 15.0. The molecule has 1 N–H and O–H groups in total. The van der Waals surface area contributed by atoms with Crippen molar-refractivity contribution in [2.45, 2.75) is 29.4 Å². The minimum atomic E-state index is -3.56. The fourth-order valence-corrected chi connectivity index (χ4v) is 5.41. The summed E-state index contributed by atoms with van der Waals surface area (Å²) in [6.07, 6.45) is 2.79. The maximum atomic E-state index is 12.8. The number of anilines is 1. The number of nitrogens with one attached hydrogen (secondary N) is 1. The molecule has 0 atom stereocenters. The van der Waals surface area contributed by atoms with Crippen LogP contribution in [-0.2, 0) is 14.8 Å². The van der Waals surface area contributed by atoms with Gasteiger partial charge in [-0.1, -0.05) is 42.4 Å². The van der Waals surface area contributed by atoms with E-state index in [1.807, 2.05) is 30.3 Å². The summed E-state index contributed by atoms with van der Waals surface area (Å²) in [5.41, 5.74) is 1.23. The Morgan fingerprint density at radius 1 is 1.03 bits per heavy atom. The highest BCUT2D eigenvalue weighted by Crippen LogP contribution is 2.25. The molecule has 0 aliphatic carbocycles. The molecule has 1 fully saturated rings. The average molecular weight is 459 g/mol. The molecule has 8 nitrogen and oxygen atoms in total. The van der Waals surface area contributed by atoms with Gasteiger partial charge in [0.05, 0.1) is 10.6 Å². The zero-order valence-electron chi connectivity index (χ0n) is 16.7. The van der Waals surface area contributed by atoms with Gasteiger partial charge in [-0.15, -0.1) is 10.2 Å². The standard InChI is InChI=1S/C21H22N4O4S2/c26-19(15-30-21-24-23-20(29-21)16-8-3-1-4-9-16)22-17-10-7-11-18(14-17)31(27,28)25-12-5-2-6-13-25/h1,3-4,7-11,14H,2,5-6,12-13,15H2,(H,22,26). The Labute approximate surface area is 185 Å². The van der Waals surface area contributed by atoms with Gasteiger partial charge in [0.2, 0.25) is 21.8 Å². The topological polar surface area (TPSA) is 105 Å². The molecule has 1 saturated heterocycles. The molecule has 0 spiro atoms. The summed E-state index contributed by atoms with van der Waals surface area (Å²) in [6, 6.07) is 15.7. The molecule has 3 aromatic rings. The lowest BCUT2D eigenvalue weighted by Gasteiger charge is -2.26. The Balaban J connectivity index is 1.36. The predicted octanol–water partition coefficient (Wildman–Crippen LogP) is 3.64. The van der Waals surface area contributed by atoms with Crippen LogP contribution in [-0.4, -0.2) is 47.7 Å². The van der Waals surface area contributed by atoms with Crippen molar-refractivity contribution in [2.24, 2.45) is 0 Å². The van der Waals surface area contributed by atoms with Crippen LogP contribution in [0, 0.1) is 0 Å². The van der Waals surface area contributed by atoms with Crippen LogP contribution >= 0.6 is 11.8 Å². The molecular formula is C21H22N4O4S2. The van der Waals surface area contributed by atoms with E-state index in [1.54, 1.807) is 18.2 Å². The highest BCUT2D eigenvalue weighted by molar-refractivity contribution is 7.99. The van der Waals surface area contributed by atoms with Crippen LogP contribution in [0.3, 0.4) is 0 Å². The number of hydrogen-bond donors (Lipinski definition) is 1. The summed E-state index contributed by atoms with van der Waals surface area (Å²) >= 11 is 1.12. The Morgan fingerprint density at radius 3 is 2.58 bits per heavy atom. The van der Waals surface area contributed by atoms with E-state index in [-0.39, 0.29) is 21.8 Å². The Kier molecular flexibility index (Phi) is 6.69. The van der Waals surface area contributed by atoms with E-state index in [9.17, 15) is 13.2 Å². The van der Waals surface area contributed by atoms with E-state index >= 15 is 0 Å². The van der Waals surface area contributed by atoms with Crippen LogP contribution < -0.4 is 5.32 Å². The molecule has 2 aromatic carbocycles. The number of aromatic nitrogens is 2. The van der Waals surface area contributed by atoms with Crippen LogP contribution in [0.4, 0.5) is 5.69 Å². The fourth-order valence-electron chi connectivity index (χ4n) is 3.28. The first-order valence-electron chi connectivity index (χ1n) is 9.94. The van der Waals surface area contributed by atoms with E-state index in [2.05, 4.69) is 15.5 Å². The third-order valence-electron chi connectivity index (χ3n) is 4.82. The van der Waals surface area contributed by atoms with Gasteiger partial charge in [0.1, 0.15) is 0 Å². The second kappa shape index (κ2) is 9.63. The highest BCUT2D eigenvalue weighted by atomic mass is 32.2. The normalized spacial score (nSPS) is 15.0. The molecule has 0 unspecified atom stereocenters. The van der Waals surface area contributed by atoms with Gasteiger partial charge in [0, 0.05) is 24.3 Å². The summed E-state index contributed by atoms with van der Waals surface area (Å²) < 4.78 is 32.8. The van der Waals surface area contributed by atoms with E-state index in [0.717, 1.165) is 36.6 Å². The summed E-state index contributed by atoms with van der Waals surface area (Å²) in [7, 11) is -3.56. The number of piperidine rings is 1. The first-order valence-corrected chi connectivity index (χ1v) is 12.4. The van der Waals surface area contributed by atoms with E-state index < -0.39 is 10.0 Å². The van der Waals surface area contributed by atoms with Gasteiger partial charge >= 0.3 is 0 Å². The molecule has 10 heteroatoms. The van der Waals surface area contributed by atoms with Gasteiger partial charge in [-0.3, -0.25) is 4.79 Å². The molecule has 1 aromatic heterocycles. The Hall–Kier alpha value is -2.69. The summed E-state index contributed by atoms with van der Waals surface area (Å²) in [5.74, 6) is 0.149. The second-order valence-corrected chi connectivity index (χ2v) is 9.93. The molecule has 1 aliphatic heterocycles. The molecule has 31 heavy (non-hydrogen) atoms. The number of rotatable bonds is 7. The van der Waals surface area contributed by atoms with Gasteiger partial charge in [-0.25, -0.2) is 8.42 Å². The molecule has 1 amide bonds. The SMILES string of the molecule is O=C(CSc1nnc(-c2ccccc2)o1)Nc1cccc(S(=O)(=O)N2CCCCC2)c1. The lowest BCUT2D eigenvalue weighted by Crippen LogP contribution is -2.35.